The molecular formula is C22H25N3O4S. The normalized spacial score (nSPS) is 16.2. The molecule has 2 aromatic rings. The Morgan fingerprint density at radius 3 is 2.53 bits per heavy atom. The van der Waals surface area contributed by atoms with E-state index in [1.807, 2.05) is 29.2 Å². The molecule has 2 heterocycles. The zero-order chi connectivity index (χ0) is 21.3. The van der Waals surface area contributed by atoms with Crippen molar-refractivity contribution in [2.24, 2.45) is 0 Å². The number of carbonyl (C=O) groups is 2. The number of sulfonamides is 1. The fraction of sp³-hybridized carbons (Fsp3) is 0.364. The first-order valence-electron chi connectivity index (χ1n) is 10.1. The molecule has 0 aliphatic carbocycles. The highest BCUT2D eigenvalue weighted by Gasteiger charge is 2.25. The molecule has 30 heavy (non-hydrogen) atoms. The van der Waals surface area contributed by atoms with Crippen LogP contribution in [-0.2, 0) is 39.1 Å². The zero-order valence-electron chi connectivity index (χ0n) is 16.9. The summed E-state index contributed by atoms with van der Waals surface area (Å²) in [5.41, 5.74) is 3.44. The van der Waals surface area contributed by atoms with Crippen molar-refractivity contribution < 1.29 is 18.0 Å². The van der Waals surface area contributed by atoms with Gasteiger partial charge in [-0.2, -0.15) is 0 Å². The predicted molar refractivity (Wildman–Crippen MR) is 113 cm³/mol. The van der Waals surface area contributed by atoms with Crippen molar-refractivity contribution in [3.63, 3.8) is 0 Å². The summed E-state index contributed by atoms with van der Waals surface area (Å²) in [6.45, 7) is 3.47. The van der Waals surface area contributed by atoms with Crippen LogP contribution in [-0.4, -0.2) is 38.2 Å². The third-order valence-electron chi connectivity index (χ3n) is 5.74. The number of fused-ring (bicyclic) bond motifs is 1. The third-order valence-corrected chi connectivity index (χ3v) is 7.14. The third kappa shape index (κ3) is 4.11. The summed E-state index contributed by atoms with van der Waals surface area (Å²) in [4.78, 5) is 27.3. The molecule has 7 nitrogen and oxygen atoms in total. The lowest BCUT2D eigenvalue weighted by Crippen LogP contribution is -2.27. The molecule has 2 aliphatic rings. The lowest BCUT2D eigenvalue weighted by Gasteiger charge is -2.18. The topological polar surface area (TPSA) is 86.8 Å². The average molecular weight is 428 g/mol. The van der Waals surface area contributed by atoms with Crippen LogP contribution in [0.3, 0.4) is 0 Å². The molecule has 158 valence electrons. The molecule has 0 aromatic heterocycles. The van der Waals surface area contributed by atoms with E-state index < -0.39 is 10.0 Å². The van der Waals surface area contributed by atoms with Crippen molar-refractivity contribution in [2.75, 3.05) is 18.0 Å². The first kappa shape index (κ1) is 20.6. The van der Waals surface area contributed by atoms with Crippen LogP contribution >= 0.6 is 0 Å². The van der Waals surface area contributed by atoms with E-state index in [4.69, 9.17) is 0 Å². The second-order valence-electron chi connectivity index (χ2n) is 7.72. The second kappa shape index (κ2) is 8.20. The van der Waals surface area contributed by atoms with Gasteiger partial charge in [0.2, 0.25) is 21.8 Å². The van der Waals surface area contributed by atoms with E-state index in [1.54, 1.807) is 17.0 Å². The van der Waals surface area contributed by atoms with Crippen LogP contribution in [0.5, 0.6) is 0 Å². The van der Waals surface area contributed by atoms with Crippen molar-refractivity contribution >= 4 is 27.5 Å². The quantitative estimate of drug-likeness (QED) is 0.766. The molecule has 4 rings (SSSR count). The molecule has 0 atom stereocenters. The van der Waals surface area contributed by atoms with Crippen LogP contribution < -0.4 is 9.62 Å². The van der Waals surface area contributed by atoms with Crippen LogP contribution in [0.4, 0.5) is 5.69 Å². The summed E-state index contributed by atoms with van der Waals surface area (Å²) in [5.74, 6) is 0.0960. The van der Waals surface area contributed by atoms with Gasteiger partial charge in [0.25, 0.3) is 0 Å². The maximum Gasteiger partial charge on any atom is 0.240 e. The van der Waals surface area contributed by atoms with Crippen molar-refractivity contribution in [2.45, 2.75) is 44.2 Å². The minimum absolute atomic E-state index is 0.0458. The summed E-state index contributed by atoms with van der Waals surface area (Å²) < 4.78 is 28.4. The van der Waals surface area contributed by atoms with Gasteiger partial charge in [0.15, 0.2) is 0 Å². The van der Waals surface area contributed by atoms with Gasteiger partial charge in [-0.1, -0.05) is 24.3 Å². The van der Waals surface area contributed by atoms with Crippen LogP contribution in [0.2, 0.25) is 0 Å². The second-order valence-corrected chi connectivity index (χ2v) is 9.49. The highest BCUT2D eigenvalue weighted by atomic mass is 32.2. The molecule has 1 N–H and O–H groups in total. The molecule has 0 saturated carbocycles. The van der Waals surface area contributed by atoms with Gasteiger partial charge in [-0.05, 0) is 47.7 Å². The van der Waals surface area contributed by atoms with Gasteiger partial charge in [-0.25, -0.2) is 13.1 Å². The van der Waals surface area contributed by atoms with Gasteiger partial charge >= 0.3 is 0 Å². The highest BCUT2D eigenvalue weighted by molar-refractivity contribution is 7.89. The largest absolute Gasteiger partial charge is 0.338 e. The maximum absolute atomic E-state index is 12.9. The Hall–Kier alpha value is -2.71. The van der Waals surface area contributed by atoms with Crippen LogP contribution in [0.1, 0.15) is 36.5 Å². The summed E-state index contributed by atoms with van der Waals surface area (Å²) >= 11 is 0. The first-order chi connectivity index (χ1) is 14.3. The van der Waals surface area contributed by atoms with E-state index >= 15 is 0 Å². The van der Waals surface area contributed by atoms with Gasteiger partial charge < -0.3 is 9.80 Å². The molecule has 0 unspecified atom stereocenters. The number of likely N-dealkylation sites (tertiary alicyclic amines) is 1. The van der Waals surface area contributed by atoms with Gasteiger partial charge in [0.1, 0.15) is 0 Å². The van der Waals surface area contributed by atoms with Gasteiger partial charge in [0, 0.05) is 45.2 Å². The minimum atomic E-state index is -3.71. The molecule has 0 radical (unpaired) electrons. The number of benzene rings is 2. The number of anilines is 1. The van der Waals surface area contributed by atoms with Gasteiger partial charge in [-0.3, -0.25) is 9.59 Å². The Kier molecular flexibility index (Phi) is 5.62. The summed E-state index contributed by atoms with van der Waals surface area (Å²) in [6.07, 6.45) is 2.09. The number of carbonyl (C=O) groups excluding carboxylic acids is 2. The Labute approximate surface area is 176 Å². The van der Waals surface area contributed by atoms with Crippen molar-refractivity contribution in [3.8, 4) is 0 Å². The van der Waals surface area contributed by atoms with E-state index in [9.17, 15) is 18.0 Å². The molecule has 0 spiro atoms. The summed E-state index contributed by atoms with van der Waals surface area (Å²) in [5, 5.41) is 0. The van der Waals surface area contributed by atoms with E-state index in [2.05, 4.69) is 4.72 Å². The molecule has 2 aliphatic heterocycles. The molecule has 1 saturated heterocycles. The molecule has 0 bridgehead atoms. The summed E-state index contributed by atoms with van der Waals surface area (Å²) in [7, 11) is -3.71. The lowest BCUT2D eigenvalue weighted by molar-refractivity contribution is -0.128. The molecule has 1 fully saturated rings. The number of hydrogen-bond acceptors (Lipinski definition) is 4. The predicted octanol–water partition coefficient (Wildman–Crippen LogP) is 2.20. The Morgan fingerprint density at radius 1 is 1.07 bits per heavy atom. The molecule has 2 aromatic carbocycles. The number of nitrogens with zero attached hydrogens (tertiary/aromatic N) is 2. The van der Waals surface area contributed by atoms with Crippen LogP contribution in [0, 0.1) is 0 Å². The Morgan fingerprint density at radius 2 is 1.83 bits per heavy atom. The Bertz CT molecular complexity index is 1100. The van der Waals surface area contributed by atoms with Crippen LogP contribution in [0.25, 0.3) is 0 Å². The molecular weight excluding hydrogens is 402 g/mol. The standard InChI is InChI=1S/C22H25N3O4S/c1-16(26)25-12-10-17-13-20(8-9-21(17)25)30(28,29)23-14-18-5-2-3-6-19(18)15-24-11-4-7-22(24)27/h2-3,5-6,8-9,13,23H,4,7,10-12,14-15H2,1H3. The fourth-order valence-electron chi connectivity index (χ4n) is 4.09. The van der Waals surface area contributed by atoms with Crippen LogP contribution in [0.15, 0.2) is 47.4 Å². The average Bonchev–Trinajstić information content (AvgIpc) is 3.33. The van der Waals surface area contributed by atoms with E-state index in [1.165, 1.54) is 13.0 Å². The van der Waals surface area contributed by atoms with E-state index in [0.29, 0.717) is 25.9 Å². The fourth-order valence-corrected chi connectivity index (χ4v) is 5.15. The number of amides is 2. The SMILES string of the molecule is CC(=O)N1CCc2cc(S(=O)(=O)NCc3ccccc3CN3CCCC3=O)ccc21. The number of nitrogens with one attached hydrogen (secondary N) is 1. The number of hydrogen-bond donors (Lipinski definition) is 1. The molecule has 2 amide bonds. The zero-order valence-corrected chi connectivity index (χ0v) is 17.7. The van der Waals surface area contributed by atoms with Gasteiger partial charge in [-0.15, -0.1) is 0 Å². The van der Waals surface area contributed by atoms with Crippen molar-refractivity contribution in [3.05, 3.63) is 59.2 Å². The smallest absolute Gasteiger partial charge is 0.240 e. The van der Waals surface area contributed by atoms with Crippen molar-refractivity contribution in [1.82, 2.24) is 9.62 Å². The van der Waals surface area contributed by atoms with Crippen molar-refractivity contribution in [1.29, 1.82) is 0 Å². The summed E-state index contributed by atoms with van der Waals surface area (Å²) in [6, 6.07) is 12.5. The van der Waals surface area contributed by atoms with Gasteiger partial charge in [0.05, 0.1) is 4.90 Å². The number of rotatable bonds is 6. The van der Waals surface area contributed by atoms with E-state index in [0.717, 1.165) is 35.3 Å². The first-order valence-corrected chi connectivity index (χ1v) is 11.6. The highest BCUT2D eigenvalue weighted by Crippen LogP contribution is 2.30. The maximum atomic E-state index is 12.9. The monoisotopic (exact) mass is 427 g/mol. The molecule has 8 heteroatoms. The minimum Gasteiger partial charge on any atom is -0.338 e. The Balaban J connectivity index is 1.49. The lowest BCUT2D eigenvalue weighted by atomic mass is 10.1. The van der Waals surface area contributed by atoms with E-state index in [-0.39, 0.29) is 23.3 Å².